The van der Waals surface area contributed by atoms with Gasteiger partial charge in [0.15, 0.2) is 5.96 Å². The summed E-state index contributed by atoms with van der Waals surface area (Å²) in [6.45, 7) is 6.65. The average molecular weight is 502 g/mol. The Kier molecular flexibility index (Phi) is 8.17. The molecule has 2 aromatic heterocycles. The van der Waals surface area contributed by atoms with Gasteiger partial charge in [0.2, 0.25) is 0 Å². The van der Waals surface area contributed by atoms with E-state index in [0.29, 0.717) is 11.7 Å². The molecule has 0 aromatic carbocycles. The third kappa shape index (κ3) is 5.87. The highest BCUT2D eigenvalue weighted by Crippen LogP contribution is 2.21. The molecule has 0 spiro atoms. The smallest absolute Gasteiger partial charge is 0.191 e. The lowest BCUT2D eigenvalue weighted by Crippen LogP contribution is -2.51. The number of nitrogens with zero attached hydrogens (tertiary/aromatic N) is 4. The van der Waals surface area contributed by atoms with Crippen LogP contribution in [0.15, 0.2) is 40.2 Å². The molecule has 1 aliphatic heterocycles. The summed E-state index contributed by atoms with van der Waals surface area (Å²) in [5, 5.41) is 21.7. The lowest BCUT2D eigenvalue weighted by Gasteiger charge is -2.34. The van der Waals surface area contributed by atoms with Crippen LogP contribution in [0, 0.1) is 0 Å². The first-order valence-electron chi connectivity index (χ1n) is 9.53. The molecule has 28 heavy (non-hydrogen) atoms. The van der Waals surface area contributed by atoms with Crippen LogP contribution in [0.5, 0.6) is 0 Å². The molecular weight excluding hydrogens is 471 g/mol. The SMILES string of the molecule is CCNC(=NCC(C)(O)c1ccco1)NC1CCCN(c2cnn(C)c2)C1.I. The number of aliphatic hydroxyl groups is 1. The normalized spacial score (nSPS) is 19.6. The molecule has 9 heteroatoms. The highest BCUT2D eigenvalue weighted by molar-refractivity contribution is 14.0. The zero-order valence-corrected chi connectivity index (χ0v) is 19.1. The number of aromatic nitrogens is 2. The summed E-state index contributed by atoms with van der Waals surface area (Å²) in [7, 11) is 1.93. The number of rotatable bonds is 6. The van der Waals surface area contributed by atoms with Crippen LogP contribution in [-0.2, 0) is 12.6 Å². The van der Waals surface area contributed by atoms with Gasteiger partial charge in [-0.15, -0.1) is 24.0 Å². The van der Waals surface area contributed by atoms with Crippen molar-refractivity contribution in [3.8, 4) is 0 Å². The summed E-state index contributed by atoms with van der Waals surface area (Å²) in [5.74, 6) is 1.23. The van der Waals surface area contributed by atoms with Crippen LogP contribution in [0.25, 0.3) is 0 Å². The Morgan fingerprint density at radius 1 is 1.50 bits per heavy atom. The van der Waals surface area contributed by atoms with Gasteiger partial charge in [0.25, 0.3) is 0 Å². The summed E-state index contributed by atoms with van der Waals surface area (Å²) >= 11 is 0. The Bertz CT molecular complexity index is 743. The number of furan rings is 1. The second-order valence-corrected chi connectivity index (χ2v) is 7.25. The van der Waals surface area contributed by atoms with Gasteiger partial charge in [-0.2, -0.15) is 5.10 Å². The van der Waals surface area contributed by atoms with Crippen LogP contribution in [-0.4, -0.2) is 53.1 Å². The molecule has 0 bridgehead atoms. The van der Waals surface area contributed by atoms with Gasteiger partial charge in [-0.05, 0) is 38.8 Å². The van der Waals surface area contributed by atoms with Gasteiger partial charge in [-0.3, -0.25) is 4.68 Å². The lowest BCUT2D eigenvalue weighted by atomic mass is 10.0. The topological polar surface area (TPSA) is 90.8 Å². The average Bonchev–Trinajstić information content (AvgIpc) is 3.32. The Balaban J connectivity index is 0.00000280. The van der Waals surface area contributed by atoms with E-state index in [-0.39, 0.29) is 36.6 Å². The van der Waals surface area contributed by atoms with E-state index >= 15 is 0 Å². The third-order valence-corrected chi connectivity index (χ3v) is 4.76. The fourth-order valence-electron chi connectivity index (χ4n) is 3.31. The van der Waals surface area contributed by atoms with Gasteiger partial charge in [-0.1, -0.05) is 0 Å². The van der Waals surface area contributed by atoms with Gasteiger partial charge >= 0.3 is 0 Å². The van der Waals surface area contributed by atoms with Crippen LogP contribution >= 0.6 is 24.0 Å². The predicted molar refractivity (Wildman–Crippen MR) is 121 cm³/mol. The maximum absolute atomic E-state index is 10.6. The summed E-state index contributed by atoms with van der Waals surface area (Å²) in [5.41, 5.74) is 0.00635. The summed E-state index contributed by atoms with van der Waals surface area (Å²) < 4.78 is 7.16. The van der Waals surface area contributed by atoms with E-state index in [0.717, 1.165) is 38.2 Å². The maximum Gasteiger partial charge on any atom is 0.191 e. The van der Waals surface area contributed by atoms with E-state index in [2.05, 4.69) is 25.6 Å². The Morgan fingerprint density at radius 2 is 2.32 bits per heavy atom. The van der Waals surface area contributed by atoms with Crippen molar-refractivity contribution in [1.82, 2.24) is 20.4 Å². The molecule has 0 aliphatic carbocycles. The molecule has 3 heterocycles. The molecule has 1 saturated heterocycles. The number of anilines is 1. The number of piperidine rings is 1. The monoisotopic (exact) mass is 502 g/mol. The highest BCUT2D eigenvalue weighted by atomic mass is 127. The fourth-order valence-corrected chi connectivity index (χ4v) is 3.31. The lowest BCUT2D eigenvalue weighted by molar-refractivity contribution is 0.0436. The molecule has 2 unspecified atom stereocenters. The van der Waals surface area contributed by atoms with Gasteiger partial charge in [0, 0.05) is 38.9 Å². The van der Waals surface area contributed by atoms with Crippen LogP contribution in [0.2, 0.25) is 0 Å². The van der Waals surface area contributed by atoms with Crippen LogP contribution in [0.3, 0.4) is 0 Å². The van der Waals surface area contributed by atoms with E-state index in [1.165, 1.54) is 0 Å². The minimum absolute atomic E-state index is 0. The molecule has 2 aromatic rings. The fraction of sp³-hybridized carbons (Fsp3) is 0.579. The summed E-state index contributed by atoms with van der Waals surface area (Å²) in [4.78, 5) is 6.93. The molecule has 0 saturated carbocycles. The predicted octanol–water partition coefficient (Wildman–Crippen LogP) is 2.06. The molecule has 3 rings (SSSR count). The van der Waals surface area contributed by atoms with Crippen LogP contribution < -0.4 is 15.5 Å². The minimum atomic E-state index is -1.14. The van der Waals surface area contributed by atoms with E-state index in [9.17, 15) is 5.11 Å². The molecule has 2 atom stereocenters. The molecule has 3 N–H and O–H groups in total. The van der Waals surface area contributed by atoms with Crippen molar-refractivity contribution in [1.29, 1.82) is 0 Å². The number of hydrogen-bond donors (Lipinski definition) is 3. The molecule has 1 fully saturated rings. The highest BCUT2D eigenvalue weighted by Gasteiger charge is 2.27. The number of halogens is 1. The zero-order chi connectivity index (χ0) is 19.3. The number of nitrogens with one attached hydrogen (secondary N) is 2. The number of guanidine groups is 1. The van der Waals surface area contributed by atoms with Crippen molar-refractivity contribution in [2.75, 3.05) is 31.1 Å². The first kappa shape index (κ1) is 22.5. The minimum Gasteiger partial charge on any atom is -0.466 e. The summed E-state index contributed by atoms with van der Waals surface area (Å²) in [6, 6.07) is 3.82. The van der Waals surface area contributed by atoms with E-state index in [1.807, 2.05) is 31.0 Å². The van der Waals surface area contributed by atoms with Gasteiger partial charge in [0.1, 0.15) is 11.4 Å². The maximum atomic E-state index is 10.6. The van der Waals surface area contributed by atoms with Crippen molar-refractivity contribution in [3.05, 3.63) is 36.5 Å². The Morgan fingerprint density at radius 3 is 2.96 bits per heavy atom. The second kappa shape index (κ2) is 10.1. The molecule has 1 aliphatic rings. The summed E-state index contributed by atoms with van der Waals surface area (Å²) in [6.07, 6.45) is 7.70. The first-order valence-corrected chi connectivity index (χ1v) is 9.53. The van der Waals surface area contributed by atoms with E-state index in [4.69, 9.17) is 4.42 Å². The van der Waals surface area contributed by atoms with Gasteiger partial charge in [0.05, 0.1) is 24.7 Å². The van der Waals surface area contributed by atoms with Gasteiger partial charge < -0.3 is 25.1 Å². The molecule has 156 valence electrons. The first-order chi connectivity index (χ1) is 13.0. The largest absolute Gasteiger partial charge is 0.466 e. The zero-order valence-electron chi connectivity index (χ0n) is 16.8. The number of aryl methyl sites for hydroxylation is 1. The molecular formula is C19H31IN6O2. The van der Waals surface area contributed by atoms with Gasteiger partial charge in [-0.25, -0.2) is 4.99 Å². The standard InChI is InChI=1S/C19H30N6O2.HI/c1-4-20-18(21-14-19(2,26)17-8-6-10-27-17)23-15-7-5-9-25(12-15)16-11-22-24(3)13-16;/h6,8,10-11,13,15,26H,4-5,7,9,12,14H2,1-3H3,(H2,20,21,23);1H. The van der Waals surface area contributed by atoms with Crippen LogP contribution in [0.1, 0.15) is 32.4 Å². The van der Waals surface area contributed by atoms with Crippen molar-refractivity contribution < 1.29 is 9.52 Å². The second-order valence-electron chi connectivity index (χ2n) is 7.25. The number of aliphatic imine (C=N–C) groups is 1. The van der Waals surface area contributed by atoms with Crippen molar-refractivity contribution in [3.63, 3.8) is 0 Å². The van der Waals surface area contributed by atoms with E-state index in [1.54, 1.807) is 25.3 Å². The number of hydrogen-bond acceptors (Lipinski definition) is 5. The quantitative estimate of drug-likeness (QED) is 0.319. The van der Waals surface area contributed by atoms with Crippen molar-refractivity contribution >= 4 is 35.6 Å². The molecule has 0 radical (unpaired) electrons. The molecule has 8 nitrogen and oxygen atoms in total. The Labute approximate surface area is 183 Å². The third-order valence-electron chi connectivity index (χ3n) is 4.76. The Hall–Kier alpha value is -1.75. The van der Waals surface area contributed by atoms with E-state index < -0.39 is 5.60 Å². The van der Waals surface area contributed by atoms with Crippen molar-refractivity contribution in [2.24, 2.45) is 12.0 Å². The molecule has 0 amide bonds. The van der Waals surface area contributed by atoms with Crippen LogP contribution in [0.4, 0.5) is 5.69 Å². The van der Waals surface area contributed by atoms with Crippen molar-refractivity contribution in [2.45, 2.75) is 38.3 Å².